The zero-order chi connectivity index (χ0) is 12.3. The van der Waals surface area contributed by atoms with Crippen molar-refractivity contribution in [1.82, 2.24) is 9.88 Å². The average molecular weight is 234 g/mol. The monoisotopic (exact) mass is 234 g/mol. The standard InChI is InChI=1S/C14H22N2O/c1-14(2)9-13(11-17)5-8-16(14)10-12-3-6-15-7-4-12/h3-4,6-7,13,17H,5,8-11H2,1-2H3. The molecule has 1 aliphatic rings. The maximum absolute atomic E-state index is 9.27. The number of hydrogen-bond acceptors (Lipinski definition) is 3. The van der Waals surface area contributed by atoms with Crippen LogP contribution in [0.2, 0.25) is 0 Å². The van der Waals surface area contributed by atoms with Gasteiger partial charge in [-0.25, -0.2) is 0 Å². The van der Waals surface area contributed by atoms with E-state index in [2.05, 4.69) is 35.9 Å². The summed E-state index contributed by atoms with van der Waals surface area (Å²) in [7, 11) is 0. The zero-order valence-electron chi connectivity index (χ0n) is 10.8. The maximum Gasteiger partial charge on any atom is 0.0460 e. The molecule has 1 aromatic rings. The number of rotatable bonds is 3. The lowest BCUT2D eigenvalue weighted by atomic mass is 9.83. The Morgan fingerprint density at radius 3 is 2.71 bits per heavy atom. The van der Waals surface area contributed by atoms with Gasteiger partial charge in [0.25, 0.3) is 0 Å². The third kappa shape index (κ3) is 3.05. The normalized spacial score (nSPS) is 24.8. The Morgan fingerprint density at radius 2 is 2.12 bits per heavy atom. The minimum absolute atomic E-state index is 0.176. The van der Waals surface area contributed by atoms with Gasteiger partial charge in [-0.05, 0) is 56.8 Å². The highest BCUT2D eigenvalue weighted by molar-refractivity contribution is 5.10. The van der Waals surface area contributed by atoms with Gasteiger partial charge in [0.1, 0.15) is 0 Å². The fraction of sp³-hybridized carbons (Fsp3) is 0.643. The van der Waals surface area contributed by atoms with E-state index in [1.165, 1.54) is 5.56 Å². The number of pyridine rings is 1. The number of hydrogen-bond donors (Lipinski definition) is 1. The molecule has 2 rings (SSSR count). The van der Waals surface area contributed by atoms with Crippen LogP contribution in [0.15, 0.2) is 24.5 Å². The Morgan fingerprint density at radius 1 is 1.41 bits per heavy atom. The highest BCUT2D eigenvalue weighted by atomic mass is 16.3. The molecule has 0 aromatic carbocycles. The number of aliphatic hydroxyl groups is 1. The predicted octanol–water partition coefficient (Wildman–Crippen LogP) is 2.06. The zero-order valence-corrected chi connectivity index (χ0v) is 10.8. The molecule has 1 atom stereocenters. The SMILES string of the molecule is CC1(C)CC(CO)CCN1Cc1ccncc1. The summed E-state index contributed by atoms with van der Waals surface area (Å²) < 4.78 is 0. The van der Waals surface area contributed by atoms with Crippen molar-refractivity contribution >= 4 is 0 Å². The second-order valence-corrected chi connectivity index (χ2v) is 5.63. The molecule has 3 nitrogen and oxygen atoms in total. The van der Waals surface area contributed by atoms with Crippen LogP contribution in [0.25, 0.3) is 0 Å². The van der Waals surface area contributed by atoms with Crippen LogP contribution in [-0.2, 0) is 6.54 Å². The lowest BCUT2D eigenvalue weighted by Gasteiger charge is -2.45. The van der Waals surface area contributed by atoms with Crippen LogP contribution in [0.5, 0.6) is 0 Å². The van der Waals surface area contributed by atoms with E-state index < -0.39 is 0 Å². The molecule has 0 radical (unpaired) electrons. The number of aliphatic hydroxyl groups excluding tert-OH is 1. The lowest BCUT2D eigenvalue weighted by molar-refractivity contribution is 0.0216. The summed E-state index contributed by atoms with van der Waals surface area (Å²) in [6.07, 6.45) is 5.88. The van der Waals surface area contributed by atoms with Crippen LogP contribution in [0.3, 0.4) is 0 Å². The largest absolute Gasteiger partial charge is 0.396 e. The Bertz CT molecular complexity index is 350. The summed E-state index contributed by atoms with van der Waals surface area (Å²) in [6, 6.07) is 4.16. The van der Waals surface area contributed by atoms with Crippen molar-refractivity contribution in [3.8, 4) is 0 Å². The minimum atomic E-state index is 0.176. The van der Waals surface area contributed by atoms with Gasteiger partial charge in [-0.1, -0.05) is 0 Å². The van der Waals surface area contributed by atoms with Crippen LogP contribution in [0.4, 0.5) is 0 Å². The minimum Gasteiger partial charge on any atom is -0.396 e. The van der Waals surface area contributed by atoms with Gasteiger partial charge in [-0.3, -0.25) is 9.88 Å². The molecule has 94 valence electrons. The Balaban J connectivity index is 2.02. The maximum atomic E-state index is 9.27. The van der Waals surface area contributed by atoms with Gasteiger partial charge >= 0.3 is 0 Å². The molecular weight excluding hydrogens is 212 g/mol. The van der Waals surface area contributed by atoms with E-state index in [1.54, 1.807) is 0 Å². The average Bonchev–Trinajstić information content (AvgIpc) is 2.33. The van der Waals surface area contributed by atoms with Gasteiger partial charge in [0.05, 0.1) is 0 Å². The second-order valence-electron chi connectivity index (χ2n) is 5.63. The van der Waals surface area contributed by atoms with Crippen molar-refractivity contribution in [1.29, 1.82) is 0 Å². The smallest absolute Gasteiger partial charge is 0.0460 e. The quantitative estimate of drug-likeness (QED) is 0.869. The van der Waals surface area contributed by atoms with Crippen LogP contribution < -0.4 is 0 Å². The van der Waals surface area contributed by atoms with E-state index in [1.807, 2.05) is 12.4 Å². The molecule has 17 heavy (non-hydrogen) atoms. The van der Waals surface area contributed by atoms with Gasteiger partial charge in [0.15, 0.2) is 0 Å². The summed E-state index contributed by atoms with van der Waals surface area (Å²) in [4.78, 5) is 6.56. The molecule has 2 heterocycles. The van der Waals surface area contributed by atoms with Gasteiger partial charge < -0.3 is 5.11 Å². The van der Waals surface area contributed by atoms with E-state index in [9.17, 15) is 5.11 Å². The number of likely N-dealkylation sites (tertiary alicyclic amines) is 1. The van der Waals surface area contributed by atoms with E-state index >= 15 is 0 Å². The first-order valence-electron chi connectivity index (χ1n) is 6.36. The number of aromatic nitrogens is 1. The molecule has 3 heteroatoms. The van der Waals surface area contributed by atoms with Crippen LogP contribution in [0.1, 0.15) is 32.3 Å². The summed E-state index contributed by atoms with van der Waals surface area (Å²) >= 11 is 0. The van der Waals surface area contributed by atoms with Crippen molar-refractivity contribution in [2.24, 2.45) is 5.92 Å². The fourth-order valence-electron chi connectivity index (χ4n) is 2.74. The third-order valence-corrected chi connectivity index (χ3v) is 3.83. The van der Waals surface area contributed by atoms with Crippen molar-refractivity contribution in [2.75, 3.05) is 13.2 Å². The molecule has 0 bridgehead atoms. The fourth-order valence-corrected chi connectivity index (χ4v) is 2.74. The number of piperidine rings is 1. The highest BCUT2D eigenvalue weighted by Gasteiger charge is 2.34. The molecule has 1 aliphatic heterocycles. The van der Waals surface area contributed by atoms with E-state index in [-0.39, 0.29) is 5.54 Å². The first-order chi connectivity index (χ1) is 8.12. The van der Waals surface area contributed by atoms with Gasteiger partial charge in [-0.2, -0.15) is 0 Å². The Labute approximate surface area is 103 Å². The van der Waals surface area contributed by atoms with Crippen LogP contribution >= 0.6 is 0 Å². The molecule has 0 spiro atoms. The van der Waals surface area contributed by atoms with Crippen molar-refractivity contribution in [3.63, 3.8) is 0 Å². The summed E-state index contributed by atoms with van der Waals surface area (Å²) in [5, 5.41) is 9.27. The van der Waals surface area contributed by atoms with Gasteiger partial charge in [0, 0.05) is 31.1 Å². The van der Waals surface area contributed by atoms with E-state index in [0.717, 1.165) is 25.9 Å². The molecule has 1 aromatic heterocycles. The topological polar surface area (TPSA) is 36.4 Å². The van der Waals surface area contributed by atoms with Crippen molar-refractivity contribution in [3.05, 3.63) is 30.1 Å². The van der Waals surface area contributed by atoms with Gasteiger partial charge in [-0.15, -0.1) is 0 Å². The summed E-state index contributed by atoms with van der Waals surface area (Å²) in [5.74, 6) is 0.471. The summed E-state index contributed by atoms with van der Waals surface area (Å²) in [5.41, 5.74) is 1.49. The molecule has 0 amide bonds. The van der Waals surface area contributed by atoms with Crippen molar-refractivity contribution in [2.45, 2.75) is 38.8 Å². The Kier molecular flexibility index (Phi) is 3.79. The van der Waals surface area contributed by atoms with Gasteiger partial charge in [0.2, 0.25) is 0 Å². The van der Waals surface area contributed by atoms with E-state index in [4.69, 9.17) is 0 Å². The molecule has 0 aliphatic carbocycles. The summed E-state index contributed by atoms with van der Waals surface area (Å²) in [6.45, 7) is 6.92. The van der Waals surface area contributed by atoms with Crippen LogP contribution in [-0.4, -0.2) is 33.7 Å². The first kappa shape index (κ1) is 12.5. The van der Waals surface area contributed by atoms with Crippen LogP contribution in [0, 0.1) is 5.92 Å². The molecule has 1 fully saturated rings. The molecule has 1 unspecified atom stereocenters. The van der Waals surface area contributed by atoms with Crippen molar-refractivity contribution < 1.29 is 5.11 Å². The molecule has 1 N–H and O–H groups in total. The highest BCUT2D eigenvalue weighted by Crippen LogP contribution is 2.32. The van der Waals surface area contributed by atoms with E-state index in [0.29, 0.717) is 12.5 Å². The molecule has 1 saturated heterocycles. The lowest BCUT2D eigenvalue weighted by Crippen LogP contribution is -2.49. The number of nitrogens with zero attached hydrogens (tertiary/aromatic N) is 2. The Hall–Kier alpha value is -0.930. The molecule has 0 saturated carbocycles. The molecular formula is C14H22N2O. The second kappa shape index (κ2) is 5.15. The first-order valence-corrected chi connectivity index (χ1v) is 6.36. The third-order valence-electron chi connectivity index (χ3n) is 3.83. The predicted molar refractivity (Wildman–Crippen MR) is 68.5 cm³/mol.